The van der Waals surface area contributed by atoms with Crippen LogP contribution in [-0.2, 0) is 10.0 Å². The molecule has 0 amide bonds. The third-order valence-corrected chi connectivity index (χ3v) is 6.02. The van der Waals surface area contributed by atoms with Crippen molar-refractivity contribution >= 4 is 21.7 Å². The van der Waals surface area contributed by atoms with Crippen molar-refractivity contribution in [1.29, 1.82) is 0 Å². The lowest BCUT2D eigenvalue weighted by atomic mass is 10.0. The van der Waals surface area contributed by atoms with Crippen LogP contribution in [0.1, 0.15) is 32.6 Å². The Morgan fingerprint density at radius 2 is 1.92 bits per heavy atom. The Balaban J connectivity index is 1.73. The van der Waals surface area contributed by atoms with Gasteiger partial charge in [-0.1, -0.05) is 6.92 Å². The maximum absolute atomic E-state index is 12.5. The molecular formula is C18H24N4O3S. The molecule has 1 unspecified atom stereocenters. The van der Waals surface area contributed by atoms with Gasteiger partial charge in [0.2, 0.25) is 0 Å². The molecule has 1 saturated heterocycles. The average Bonchev–Trinajstić information content (AvgIpc) is 2.68. The Morgan fingerprint density at radius 3 is 2.54 bits per heavy atom. The van der Waals surface area contributed by atoms with Gasteiger partial charge in [0.1, 0.15) is 5.75 Å². The van der Waals surface area contributed by atoms with Crippen molar-refractivity contribution in [2.24, 2.45) is 0 Å². The number of sulfonamides is 1. The lowest BCUT2D eigenvalue weighted by Gasteiger charge is -2.35. The fourth-order valence-electron chi connectivity index (χ4n) is 3.21. The highest BCUT2D eigenvalue weighted by Crippen LogP contribution is 2.25. The van der Waals surface area contributed by atoms with Crippen molar-refractivity contribution in [3.63, 3.8) is 0 Å². The van der Waals surface area contributed by atoms with E-state index in [-0.39, 0.29) is 10.7 Å². The van der Waals surface area contributed by atoms with E-state index in [1.807, 2.05) is 6.07 Å². The van der Waals surface area contributed by atoms with Crippen molar-refractivity contribution in [2.45, 2.75) is 43.5 Å². The van der Waals surface area contributed by atoms with E-state index in [2.05, 4.69) is 26.7 Å². The minimum absolute atomic E-state index is 0.145. The van der Waals surface area contributed by atoms with Crippen LogP contribution in [0, 0.1) is 0 Å². The van der Waals surface area contributed by atoms with E-state index in [0.29, 0.717) is 11.8 Å². The number of nitrogens with zero attached hydrogens (tertiary/aromatic N) is 3. The third-order valence-electron chi connectivity index (χ3n) is 4.65. The van der Waals surface area contributed by atoms with Crippen LogP contribution in [0.2, 0.25) is 0 Å². The maximum Gasteiger partial charge on any atom is 0.263 e. The molecule has 2 heterocycles. The number of hydrogen-bond acceptors (Lipinski definition) is 6. The van der Waals surface area contributed by atoms with Crippen LogP contribution in [0.25, 0.3) is 0 Å². The molecule has 1 N–H and O–H groups in total. The smallest absolute Gasteiger partial charge is 0.263 e. The van der Waals surface area contributed by atoms with E-state index >= 15 is 0 Å². The zero-order valence-corrected chi connectivity index (χ0v) is 15.9. The molecule has 26 heavy (non-hydrogen) atoms. The first kappa shape index (κ1) is 18.4. The number of ether oxygens (including phenoxy) is 1. The quantitative estimate of drug-likeness (QED) is 0.834. The molecule has 1 aromatic heterocycles. The Labute approximate surface area is 154 Å². The van der Waals surface area contributed by atoms with Gasteiger partial charge in [-0.25, -0.2) is 8.42 Å². The van der Waals surface area contributed by atoms with Crippen LogP contribution < -0.4 is 14.4 Å². The van der Waals surface area contributed by atoms with Gasteiger partial charge in [0.25, 0.3) is 10.0 Å². The summed E-state index contributed by atoms with van der Waals surface area (Å²) >= 11 is 0. The number of nitrogens with one attached hydrogen (secondary N) is 1. The van der Waals surface area contributed by atoms with Crippen LogP contribution in [0.4, 0.5) is 11.6 Å². The second-order valence-corrected chi connectivity index (χ2v) is 7.99. The Bertz CT molecular complexity index is 823. The number of methoxy groups -OCH3 is 1. The molecule has 1 fully saturated rings. The molecule has 0 aliphatic carbocycles. The molecule has 1 aromatic carbocycles. The summed E-state index contributed by atoms with van der Waals surface area (Å²) < 4.78 is 32.4. The Morgan fingerprint density at radius 1 is 1.15 bits per heavy atom. The number of hydrogen-bond donors (Lipinski definition) is 1. The summed E-state index contributed by atoms with van der Waals surface area (Å²) in [5, 5.41) is 8.30. The first-order valence-electron chi connectivity index (χ1n) is 8.80. The van der Waals surface area contributed by atoms with Gasteiger partial charge in [0.05, 0.1) is 12.0 Å². The van der Waals surface area contributed by atoms with Crippen LogP contribution in [0.15, 0.2) is 41.3 Å². The van der Waals surface area contributed by atoms with Crippen LogP contribution in [0.3, 0.4) is 0 Å². The zero-order chi connectivity index (χ0) is 18.6. The maximum atomic E-state index is 12.5. The Kier molecular flexibility index (Phi) is 5.61. The first-order chi connectivity index (χ1) is 12.5. The van der Waals surface area contributed by atoms with Gasteiger partial charge in [-0.15, -0.1) is 10.2 Å². The van der Waals surface area contributed by atoms with Gasteiger partial charge in [0, 0.05) is 12.6 Å². The van der Waals surface area contributed by atoms with Crippen molar-refractivity contribution in [3.8, 4) is 5.75 Å². The van der Waals surface area contributed by atoms with Gasteiger partial charge < -0.3 is 9.64 Å². The summed E-state index contributed by atoms with van der Waals surface area (Å²) in [4.78, 5) is 2.41. The highest BCUT2D eigenvalue weighted by molar-refractivity contribution is 7.92. The lowest BCUT2D eigenvalue weighted by molar-refractivity contribution is 0.414. The van der Waals surface area contributed by atoms with Crippen molar-refractivity contribution < 1.29 is 13.2 Å². The fourth-order valence-corrected chi connectivity index (χ4v) is 4.21. The molecule has 7 nitrogen and oxygen atoms in total. The van der Waals surface area contributed by atoms with E-state index in [9.17, 15) is 8.42 Å². The molecule has 8 heteroatoms. The molecule has 0 radical (unpaired) electrons. The SMILES string of the molecule is CCC1CCCCN1c1ccc(NS(=O)(=O)c2ccc(OC)cc2)nn1. The number of benzene rings is 1. The van der Waals surface area contributed by atoms with E-state index < -0.39 is 10.0 Å². The fraction of sp³-hybridized carbons (Fsp3) is 0.444. The molecule has 0 spiro atoms. The topological polar surface area (TPSA) is 84.4 Å². The number of aromatic nitrogens is 2. The van der Waals surface area contributed by atoms with E-state index in [0.717, 1.165) is 31.6 Å². The van der Waals surface area contributed by atoms with Crippen molar-refractivity contribution in [3.05, 3.63) is 36.4 Å². The number of rotatable bonds is 6. The summed E-state index contributed by atoms with van der Waals surface area (Å²) in [6, 6.07) is 10.1. The molecular weight excluding hydrogens is 352 g/mol. The summed E-state index contributed by atoms with van der Waals surface area (Å²) in [6.07, 6.45) is 4.60. The largest absolute Gasteiger partial charge is 0.497 e. The van der Waals surface area contributed by atoms with Gasteiger partial charge in [-0.05, 0) is 62.1 Å². The highest BCUT2D eigenvalue weighted by Gasteiger charge is 2.22. The summed E-state index contributed by atoms with van der Waals surface area (Å²) in [7, 11) is -2.18. The summed E-state index contributed by atoms with van der Waals surface area (Å²) in [6.45, 7) is 3.14. The third kappa shape index (κ3) is 4.07. The van der Waals surface area contributed by atoms with Gasteiger partial charge >= 0.3 is 0 Å². The first-order valence-corrected chi connectivity index (χ1v) is 10.3. The highest BCUT2D eigenvalue weighted by atomic mass is 32.2. The van der Waals surface area contributed by atoms with Crippen LogP contribution in [-0.4, -0.2) is 38.3 Å². The number of piperidine rings is 1. The second kappa shape index (κ2) is 7.90. The van der Waals surface area contributed by atoms with Gasteiger partial charge in [-0.2, -0.15) is 0 Å². The predicted octanol–water partition coefficient (Wildman–Crippen LogP) is 3.05. The molecule has 0 bridgehead atoms. The van der Waals surface area contributed by atoms with Crippen molar-refractivity contribution in [1.82, 2.24) is 10.2 Å². The molecule has 3 rings (SSSR count). The molecule has 1 atom stereocenters. The van der Waals surface area contributed by atoms with Crippen LogP contribution >= 0.6 is 0 Å². The normalized spacial score (nSPS) is 17.8. The molecule has 2 aromatic rings. The zero-order valence-electron chi connectivity index (χ0n) is 15.1. The van der Waals surface area contributed by atoms with E-state index in [1.165, 1.54) is 25.7 Å². The van der Waals surface area contributed by atoms with Gasteiger partial charge in [0.15, 0.2) is 11.6 Å². The Hall–Kier alpha value is -2.35. The monoisotopic (exact) mass is 376 g/mol. The second-order valence-electron chi connectivity index (χ2n) is 6.31. The molecule has 1 aliphatic rings. The molecule has 1 aliphatic heterocycles. The van der Waals surface area contributed by atoms with E-state index in [4.69, 9.17) is 4.74 Å². The van der Waals surface area contributed by atoms with Crippen LogP contribution in [0.5, 0.6) is 5.75 Å². The lowest BCUT2D eigenvalue weighted by Crippen LogP contribution is -2.39. The minimum Gasteiger partial charge on any atom is -0.497 e. The van der Waals surface area contributed by atoms with Gasteiger partial charge in [-0.3, -0.25) is 4.72 Å². The van der Waals surface area contributed by atoms with E-state index in [1.54, 1.807) is 18.2 Å². The summed E-state index contributed by atoms with van der Waals surface area (Å²) in [5.74, 6) is 1.60. The van der Waals surface area contributed by atoms with Crippen molar-refractivity contribution in [2.75, 3.05) is 23.3 Å². The number of anilines is 2. The average molecular weight is 376 g/mol. The minimum atomic E-state index is -3.71. The summed E-state index contributed by atoms with van der Waals surface area (Å²) in [5.41, 5.74) is 0. The molecule has 140 valence electrons. The predicted molar refractivity (Wildman–Crippen MR) is 101 cm³/mol. The molecule has 0 saturated carbocycles. The standard InChI is InChI=1S/C18H24N4O3S/c1-3-14-6-4-5-13-22(14)18-12-11-17(19-20-18)21-26(23,24)16-9-7-15(25-2)8-10-16/h7-12,14H,3-6,13H2,1-2H3,(H,19,21).